The molecule has 88 valence electrons. The molecule has 2 heterocycles. The summed E-state index contributed by atoms with van der Waals surface area (Å²) in [4.78, 5) is 5.15. The summed E-state index contributed by atoms with van der Waals surface area (Å²) >= 11 is 0. The zero-order valence-corrected chi connectivity index (χ0v) is 10.4. The molecule has 1 atom stereocenters. The van der Waals surface area contributed by atoms with Crippen molar-refractivity contribution >= 4 is 0 Å². The Kier molecular flexibility index (Phi) is 3.33. The van der Waals surface area contributed by atoms with Crippen molar-refractivity contribution in [3.8, 4) is 0 Å². The number of hydrogen-bond donors (Lipinski definition) is 1. The molecular formula is C12H25N3. The van der Waals surface area contributed by atoms with Crippen molar-refractivity contribution in [3.63, 3.8) is 0 Å². The molecule has 0 saturated carbocycles. The second-order valence-electron chi connectivity index (χ2n) is 6.02. The monoisotopic (exact) mass is 211 g/mol. The van der Waals surface area contributed by atoms with E-state index < -0.39 is 0 Å². The van der Waals surface area contributed by atoms with E-state index in [0.29, 0.717) is 5.41 Å². The van der Waals surface area contributed by atoms with Gasteiger partial charge in [-0.25, -0.2) is 0 Å². The van der Waals surface area contributed by atoms with Gasteiger partial charge in [-0.2, -0.15) is 0 Å². The molecule has 2 rings (SSSR count). The fraction of sp³-hybridized carbons (Fsp3) is 1.00. The first-order chi connectivity index (χ1) is 7.07. The normalized spacial score (nSPS) is 34.2. The first-order valence-corrected chi connectivity index (χ1v) is 6.20. The predicted octanol–water partition coefficient (Wildman–Crippen LogP) is 0.622. The van der Waals surface area contributed by atoms with Gasteiger partial charge < -0.3 is 10.2 Å². The Hall–Kier alpha value is -0.120. The summed E-state index contributed by atoms with van der Waals surface area (Å²) in [7, 11) is 2.24. The Morgan fingerprint density at radius 3 is 2.73 bits per heavy atom. The standard InChI is InChI=1S/C12H25N3/c1-12(2)9-13-5-7-15(10-12)11-4-6-14(3)8-11/h11,13H,4-10H2,1-3H3. The lowest BCUT2D eigenvalue weighted by atomic mass is 9.92. The fourth-order valence-electron chi connectivity index (χ4n) is 2.86. The van der Waals surface area contributed by atoms with Crippen molar-refractivity contribution in [2.24, 2.45) is 5.41 Å². The second-order valence-corrected chi connectivity index (χ2v) is 6.02. The number of likely N-dealkylation sites (N-methyl/N-ethyl adjacent to an activating group) is 1. The van der Waals surface area contributed by atoms with E-state index in [2.05, 4.69) is 36.0 Å². The second kappa shape index (κ2) is 4.40. The molecule has 2 aliphatic heterocycles. The Morgan fingerprint density at radius 2 is 2.07 bits per heavy atom. The van der Waals surface area contributed by atoms with E-state index in [1.807, 2.05) is 0 Å². The zero-order chi connectivity index (χ0) is 10.9. The van der Waals surface area contributed by atoms with Crippen LogP contribution in [0.4, 0.5) is 0 Å². The summed E-state index contributed by atoms with van der Waals surface area (Å²) in [5.41, 5.74) is 0.428. The van der Waals surface area contributed by atoms with Crippen molar-refractivity contribution in [2.45, 2.75) is 26.3 Å². The van der Waals surface area contributed by atoms with Gasteiger partial charge in [0.25, 0.3) is 0 Å². The van der Waals surface area contributed by atoms with Crippen LogP contribution in [-0.4, -0.2) is 62.2 Å². The van der Waals surface area contributed by atoms with Crippen molar-refractivity contribution < 1.29 is 0 Å². The molecule has 15 heavy (non-hydrogen) atoms. The van der Waals surface area contributed by atoms with Gasteiger partial charge in [0.15, 0.2) is 0 Å². The van der Waals surface area contributed by atoms with E-state index >= 15 is 0 Å². The van der Waals surface area contributed by atoms with Gasteiger partial charge in [0.1, 0.15) is 0 Å². The molecule has 0 aliphatic carbocycles. The van der Waals surface area contributed by atoms with Crippen LogP contribution in [-0.2, 0) is 0 Å². The highest BCUT2D eigenvalue weighted by Gasteiger charge is 2.31. The minimum absolute atomic E-state index is 0.428. The van der Waals surface area contributed by atoms with Crippen LogP contribution >= 0.6 is 0 Å². The highest BCUT2D eigenvalue weighted by Crippen LogP contribution is 2.22. The summed E-state index contributed by atoms with van der Waals surface area (Å²) in [6.07, 6.45) is 1.35. The van der Waals surface area contributed by atoms with E-state index in [9.17, 15) is 0 Å². The molecule has 0 aromatic rings. The smallest absolute Gasteiger partial charge is 0.0235 e. The summed E-state index contributed by atoms with van der Waals surface area (Å²) in [5, 5.41) is 3.55. The Morgan fingerprint density at radius 1 is 1.27 bits per heavy atom. The highest BCUT2D eigenvalue weighted by atomic mass is 15.3. The van der Waals surface area contributed by atoms with E-state index in [1.165, 1.54) is 32.6 Å². The summed E-state index contributed by atoms with van der Waals surface area (Å²) in [6.45, 7) is 12.1. The molecule has 3 heteroatoms. The van der Waals surface area contributed by atoms with Crippen LogP contribution in [0, 0.1) is 5.41 Å². The number of likely N-dealkylation sites (tertiary alicyclic amines) is 1. The molecule has 0 amide bonds. The van der Waals surface area contributed by atoms with Gasteiger partial charge in [-0.05, 0) is 25.4 Å². The number of hydrogen-bond acceptors (Lipinski definition) is 3. The summed E-state index contributed by atoms with van der Waals surface area (Å²) in [6, 6.07) is 0.800. The molecule has 0 bridgehead atoms. The first kappa shape index (κ1) is 11.4. The lowest BCUT2D eigenvalue weighted by Crippen LogP contribution is -2.43. The molecule has 2 fully saturated rings. The van der Waals surface area contributed by atoms with Crippen LogP contribution in [0.25, 0.3) is 0 Å². The largest absolute Gasteiger partial charge is 0.315 e. The third-order valence-electron chi connectivity index (χ3n) is 3.69. The zero-order valence-electron chi connectivity index (χ0n) is 10.4. The topological polar surface area (TPSA) is 18.5 Å². The van der Waals surface area contributed by atoms with Crippen LogP contribution in [0.2, 0.25) is 0 Å². The van der Waals surface area contributed by atoms with Gasteiger partial charge in [0.05, 0.1) is 0 Å². The number of nitrogens with zero attached hydrogens (tertiary/aromatic N) is 2. The lowest BCUT2D eigenvalue weighted by molar-refractivity contribution is 0.154. The van der Waals surface area contributed by atoms with Crippen molar-refractivity contribution in [1.29, 1.82) is 0 Å². The molecule has 3 nitrogen and oxygen atoms in total. The van der Waals surface area contributed by atoms with Gasteiger partial charge >= 0.3 is 0 Å². The lowest BCUT2D eigenvalue weighted by Gasteiger charge is -2.33. The molecule has 0 radical (unpaired) electrons. The minimum atomic E-state index is 0.428. The molecule has 0 spiro atoms. The maximum Gasteiger partial charge on any atom is 0.0235 e. The molecule has 1 N–H and O–H groups in total. The molecule has 2 saturated heterocycles. The molecule has 2 aliphatic rings. The van der Waals surface area contributed by atoms with Crippen molar-refractivity contribution in [1.82, 2.24) is 15.1 Å². The molecule has 1 unspecified atom stereocenters. The molecule has 0 aromatic carbocycles. The Balaban J connectivity index is 1.95. The van der Waals surface area contributed by atoms with Crippen LogP contribution < -0.4 is 5.32 Å². The average molecular weight is 211 g/mol. The van der Waals surface area contributed by atoms with Gasteiger partial charge in [-0.1, -0.05) is 13.8 Å². The van der Waals surface area contributed by atoms with Gasteiger partial charge in [-0.15, -0.1) is 0 Å². The van der Waals surface area contributed by atoms with Crippen LogP contribution in [0.15, 0.2) is 0 Å². The molecule has 0 aromatic heterocycles. The molecular weight excluding hydrogens is 186 g/mol. The average Bonchev–Trinajstić information content (AvgIpc) is 2.49. The quantitative estimate of drug-likeness (QED) is 0.686. The van der Waals surface area contributed by atoms with Gasteiger partial charge in [-0.3, -0.25) is 4.90 Å². The van der Waals surface area contributed by atoms with Crippen molar-refractivity contribution in [2.75, 3.05) is 46.3 Å². The maximum absolute atomic E-state index is 3.55. The van der Waals surface area contributed by atoms with Crippen molar-refractivity contribution in [3.05, 3.63) is 0 Å². The summed E-state index contributed by atoms with van der Waals surface area (Å²) < 4.78 is 0. The fourth-order valence-corrected chi connectivity index (χ4v) is 2.86. The van der Waals surface area contributed by atoms with Crippen LogP contribution in [0.5, 0.6) is 0 Å². The maximum atomic E-state index is 3.55. The van der Waals surface area contributed by atoms with E-state index in [4.69, 9.17) is 0 Å². The number of rotatable bonds is 1. The van der Waals surface area contributed by atoms with Gasteiger partial charge in [0, 0.05) is 38.8 Å². The van der Waals surface area contributed by atoms with Crippen LogP contribution in [0.3, 0.4) is 0 Å². The first-order valence-electron chi connectivity index (χ1n) is 6.20. The van der Waals surface area contributed by atoms with Gasteiger partial charge in [0.2, 0.25) is 0 Å². The van der Waals surface area contributed by atoms with E-state index in [1.54, 1.807) is 0 Å². The van der Waals surface area contributed by atoms with E-state index in [0.717, 1.165) is 19.1 Å². The predicted molar refractivity (Wildman–Crippen MR) is 64.1 cm³/mol. The number of nitrogens with one attached hydrogen (secondary N) is 1. The summed E-state index contributed by atoms with van der Waals surface area (Å²) in [5.74, 6) is 0. The SMILES string of the molecule is CN1CCC(N2CCNCC(C)(C)C2)C1. The third kappa shape index (κ3) is 2.92. The Labute approximate surface area is 93.8 Å². The Bertz CT molecular complexity index is 215. The van der Waals surface area contributed by atoms with Crippen LogP contribution in [0.1, 0.15) is 20.3 Å². The highest BCUT2D eigenvalue weighted by molar-refractivity contribution is 4.88. The minimum Gasteiger partial charge on any atom is -0.315 e. The third-order valence-corrected chi connectivity index (χ3v) is 3.69. The van der Waals surface area contributed by atoms with E-state index in [-0.39, 0.29) is 0 Å².